The second-order valence-corrected chi connectivity index (χ2v) is 6.09. The van der Waals surface area contributed by atoms with Gasteiger partial charge in [-0.05, 0) is 6.07 Å². The van der Waals surface area contributed by atoms with Crippen LogP contribution in [0.25, 0.3) is 33.3 Å². The quantitative estimate of drug-likeness (QED) is 0.578. The first-order chi connectivity index (χ1) is 11.7. The van der Waals surface area contributed by atoms with Crippen LogP contribution in [-0.4, -0.2) is 44.8 Å². The van der Waals surface area contributed by atoms with E-state index in [0.29, 0.717) is 0 Å². The predicted octanol–water partition coefficient (Wildman–Crippen LogP) is 2.79. The van der Waals surface area contributed by atoms with Crippen LogP contribution in [0.15, 0.2) is 46.4 Å². The number of benzene rings is 1. The molecule has 1 N–H and O–H groups in total. The number of furan rings is 1. The van der Waals surface area contributed by atoms with Crippen LogP contribution < -0.4 is 0 Å². The van der Waals surface area contributed by atoms with E-state index in [-0.39, 0.29) is 0 Å². The van der Waals surface area contributed by atoms with E-state index in [4.69, 9.17) is 4.42 Å². The van der Waals surface area contributed by atoms with Crippen LogP contribution in [0.5, 0.6) is 0 Å². The van der Waals surface area contributed by atoms with Gasteiger partial charge in [-0.2, -0.15) is 0 Å². The van der Waals surface area contributed by atoms with E-state index in [9.17, 15) is 0 Å². The van der Waals surface area contributed by atoms with Gasteiger partial charge in [-0.1, -0.05) is 17.1 Å². The molecule has 1 aliphatic rings. The van der Waals surface area contributed by atoms with Crippen molar-refractivity contribution in [2.75, 3.05) is 13.6 Å². The zero-order chi connectivity index (χ0) is 16.3. The van der Waals surface area contributed by atoms with Gasteiger partial charge in [0.2, 0.25) is 0 Å². The molecule has 0 saturated carbocycles. The van der Waals surface area contributed by atoms with E-state index >= 15 is 0 Å². The van der Waals surface area contributed by atoms with Gasteiger partial charge in [-0.3, -0.25) is 0 Å². The van der Waals surface area contributed by atoms with Gasteiger partial charge in [0, 0.05) is 24.0 Å². The Kier molecular flexibility index (Phi) is 2.59. The number of nitrogens with one attached hydrogen (secondary N) is 1. The van der Waals surface area contributed by atoms with Crippen LogP contribution in [0.4, 0.5) is 0 Å². The standard InChI is InChI=1S/C18H16N5O/c1-22-8-14(20-10-22)17-16-13(9-24-17)11-4-3-5-12(15(11)21-16)18-19-6-7-23(18)2/h3-5,7-10,21H,6H2,1-2H3/q+1. The molecule has 0 atom stereocenters. The Hall–Kier alpha value is -3.15. The van der Waals surface area contributed by atoms with Gasteiger partial charge in [0.1, 0.15) is 18.2 Å². The largest absolute Gasteiger partial charge is 0.460 e. The molecule has 0 spiro atoms. The maximum absolute atomic E-state index is 5.80. The second-order valence-electron chi connectivity index (χ2n) is 6.09. The van der Waals surface area contributed by atoms with Crippen molar-refractivity contribution >= 4 is 33.9 Å². The predicted molar refractivity (Wildman–Crippen MR) is 93.9 cm³/mol. The SMILES string of the molecule is Cn1cnc(-c2occ3c2[nH]c2c(C4=NCC=[N+]4C)cccc23)c1. The number of hydrogen-bond donors (Lipinski definition) is 1. The number of fused-ring (bicyclic) bond motifs is 3. The average Bonchev–Trinajstić information content (AvgIpc) is 3.31. The summed E-state index contributed by atoms with van der Waals surface area (Å²) in [5.41, 5.74) is 3.98. The van der Waals surface area contributed by atoms with Crippen molar-refractivity contribution in [3.05, 3.63) is 42.5 Å². The summed E-state index contributed by atoms with van der Waals surface area (Å²) in [6.45, 7) is 0.725. The van der Waals surface area contributed by atoms with Crippen molar-refractivity contribution in [3.8, 4) is 11.5 Å². The van der Waals surface area contributed by atoms with Gasteiger partial charge in [0.25, 0.3) is 0 Å². The number of H-pyrrole nitrogens is 1. The molecule has 3 aromatic heterocycles. The molecule has 0 amide bonds. The van der Waals surface area contributed by atoms with E-state index in [1.54, 1.807) is 12.6 Å². The highest BCUT2D eigenvalue weighted by Gasteiger charge is 2.24. The molecule has 0 aliphatic carbocycles. The molecule has 0 saturated heterocycles. The van der Waals surface area contributed by atoms with Crippen LogP contribution in [0.3, 0.4) is 0 Å². The number of aromatic nitrogens is 3. The molecule has 0 fully saturated rings. The van der Waals surface area contributed by atoms with Gasteiger partial charge < -0.3 is 14.0 Å². The summed E-state index contributed by atoms with van der Waals surface area (Å²) in [5, 5.41) is 2.20. The third kappa shape index (κ3) is 1.73. The Labute approximate surface area is 137 Å². The number of aliphatic imine (C=N–C) groups is 1. The van der Waals surface area contributed by atoms with Crippen molar-refractivity contribution in [3.63, 3.8) is 0 Å². The van der Waals surface area contributed by atoms with Crippen LogP contribution in [0.1, 0.15) is 5.56 Å². The maximum Gasteiger partial charge on any atom is 0.326 e. The van der Waals surface area contributed by atoms with E-state index in [2.05, 4.69) is 43.9 Å². The van der Waals surface area contributed by atoms with E-state index in [1.165, 1.54) is 0 Å². The number of para-hydroxylation sites is 1. The highest BCUT2D eigenvalue weighted by Crippen LogP contribution is 2.35. The minimum atomic E-state index is 0.725. The molecule has 118 valence electrons. The van der Waals surface area contributed by atoms with Gasteiger partial charge in [0.15, 0.2) is 12.3 Å². The van der Waals surface area contributed by atoms with Gasteiger partial charge in [-0.15, -0.1) is 0 Å². The second kappa shape index (κ2) is 4.67. The number of hydrogen-bond acceptors (Lipinski definition) is 3. The van der Waals surface area contributed by atoms with Crippen molar-refractivity contribution in [1.29, 1.82) is 0 Å². The smallest absolute Gasteiger partial charge is 0.326 e. The summed E-state index contributed by atoms with van der Waals surface area (Å²) in [5.74, 6) is 1.75. The number of amidine groups is 1. The zero-order valence-electron chi connectivity index (χ0n) is 13.4. The van der Waals surface area contributed by atoms with Crippen LogP contribution >= 0.6 is 0 Å². The highest BCUT2D eigenvalue weighted by atomic mass is 16.3. The Balaban J connectivity index is 1.79. The van der Waals surface area contributed by atoms with Gasteiger partial charge in [0.05, 0.1) is 30.0 Å². The normalized spacial score (nSPS) is 14.6. The molecular weight excluding hydrogens is 302 g/mol. The fraction of sp³-hybridized carbons (Fsp3) is 0.167. The first-order valence-electron chi connectivity index (χ1n) is 7.83. The molecule has 24 heavy (non-hydrogen) atoms. The molecule has 0 radical (unpaired) electrons. The summed E-state index contributed by atoms with van der Waals surface area (Å²) in [4.78, 5) is 12.5. The van der Waals surface area contributed by atoms with Crippen LogP contribution in [0.2, 0.25) is 0 Å². The summed E-state index contributed by atoms with van der Waals surface area (Å²) in [6.07, 6.45) is 7.60. The average molecular weight is 318 g/mol. The zero-order valence-corrected chi connectivity index (χ0v) is 13.4. The molecule has 0 unspecified atom stereocenters. The lowest BCUT2D eigenvalue weighted by Gasteiger charge is -2.00. The first kappa shape index (κ1) is 13.3. The van der Waals surface area contributed by atoms with Gasteiger partial charge in [-0.25, -0.2) is 9.56 Å². The number of rotatable bonds is 2. The maximum atomic E-state index is 5.80. The molecule has 4 aromatic rings. The molecule has 1 aliphatic heterocycles. The highest BCUT2D eigenvalue weighted by molar-refractivity contribution is 6.17. The van der Waals surface area contributed by atoms with Crippen molar-refractivity contribution in [1.82, 2.24) is 14.5 Å². The molecule has 0 bridgehead atoms. The third-order valence-electron chi connectivity index (χ3n) is 4.50. The minimum Gasteiger partial charge on any atom is -0.460 e. The lowest BCUT2D eigenvalue weighted by Crippen LogP contribution is -2.14. The lowest BCUT2D eigenvalue weighted by molar-refractivity contribution is -0.360. The lowest BCUT2D eigenvalue weighted by atomic mass is 10.1. The van der Waals surface area contributed by atoms with Crippen LogP contribution in [-0.2, 0) is 7.05 Å². The van der Waals surface area contributed by atoms with Gasteiger partial charge >= 0.3 is 5.84 Å². The Morgan fingerprint density at radius 3 is 2.92 bits per heavy atom. The first-order valence-corrected chi connectivity index (χ1v) is 7.83. The molecule has 1 aromatic carbocycles. The van der Waals surface area contributed by atoms with Crippen molar-refractivity contribution in [2.24, 2.45) is 12.0 Å². The fourth-order valence-electron chi connectivity index (χ4n) is 3.34. The number of nitrogens with zero attached hydrogens (tertiary/aromatic N) is 4. The van der Waals surface area contributed by atoms with Crippen molar-refractivity contribution in [2.45, 2.75) is 0 Å². The monoisotopic (exact) mass is 318 g/mol. The summed E-state index contributed by atoms with van der Waals surface area (Å²) >= 11 is 0. The molecular formula is C18H16N5O+. The number of imidazole rings is 1. The summed E-state index contributed by atoms with van der Waals surface area (Å²) < 4.78 is 9.78. The van der Waals surface area contributed by atoms with E-state index in [0.717, 1.165) is 51.2 Å². The minimum absolute atomic E-state index is 0.725. The number of aromatic amines is 1. The Morgan fingerprint density at radius 2 is 2.17 bits per heavy atom. The summed E-state index contributed by atoms with van der Waals surface area (Å²) in [6, 6.07) is 6.27. The Morgan fingerprint density at radius 1 is 1.25 bits per heavy atom. The summed E-state index contributed by atoms with van der Waals surface area (Å²) in [7, 11) is 3.98. The number of aryl methyl sites for hydroxylation is 1. The molecule has 5 rings (SSSR count). The van der Waals surface area contributed by atoms with E-state index < -0.39 is 0 Å². The fourth-order valence-corrected chi connectivity index (χ4v) is 3.34. The third-order valence-corrected chi connectivity index (χ3v) is 4.50. The molecule has 6 nitrogen and oxygen atoms in total. The van der Waals surface area contributed by atoms with Crippen LogP contribution in [0, 0.1) is 0 Å². The van der Waals surface area contributed by atoms with E-state index in [1.807, 2.05) is 24.9 Å². The topological polar surface area (TPSA) is 62.1 Å². The molecule has 6 heteroatoms. The van der Waals surface area contributed by atoms with Crippen molar-refractivity contribution < 1.29 is 8.99 Å². The molecule has 4 heterocycles. The Bertz CT molecular complexity index is 1150.